The van der Waals surface area contributed by atoms with Crippen LogP contribution in [0.5, 0.6) is 0 Å². The van der Waals surface area contributed by atoms with Crippen molar-refractivity contribution in [3.8, 4) is 0 Å². The Morgan fingerprint density at radius 1 is 1.20 bits per heavy atom. The van der Waals surface area contributed by atoms with Gasteiger partial charge in [-0.3, -0.25) is 9.69 Å². The van der Waals surface area contributed by atoms with E-state index in [1.807, 2.05) is 13.8 Å². The van der Waals surface area contributed by atoms with Crippen molar-refractivity contribution in [3.05, 3.63) is 64.4 Å². The molecule has 1 amide bonds. The predicted octanol–water partition coefficient (Wildman–Crippen LogP) is 5.45. The molecule has 2 aromatic rings. The largest absolute Gasteiger partial charge is 0.443 e. The Morgan fingerprint density at radius 2 is 1.83 bits per heavy atom. The lowest BCUT2D eigenvalue weighted by atomic mass is 9.98. The number of ketones is 1. The number of rotatable bonds is 7. The van der Waals surface area contributed by atoms with E-state index >= 15 is 0 Å². The zero-order valence-electron chi connectivity index (χ0n) is 17.8. The van der Waals surface area contributed by atoms with Gasteiger partial charge in [0.25, 0.3) is 0 Å². The number of hydrogen-bond acceptors (Lipinski definition) is 6. The molecule has 8 heteroatoms. The monoisotopic (exact) mass is 415 g/mol. The number of carbonyl (C=O) groups excluding carboxylic acids is 2. The molecule has 2 unspecified atom stereocenters. The van der Waals surface area contributed by atoms with Gasteiger partial charge in [0.2, 0.25) is 0 Å². The topological polar surface area (TPSA) is 88.9 Å². The lowest BCUT2D eigenvalue weighted by molar-refractivity contribution is 0.0565. The zero-order chi connectivity index (χ0) is 22.5. The smallest absolute Gasteiger partial charge is 0.416 e. The highest BCUT2D eigenvalue weighted by molar-refractivity contribution is 6.01. The van der Waals surface area contributed by atoms with Gasteiger partial charge in [-0.1, -0.05) is 12.1 Å². The fraction of sp³-hybridized carbons (Fsp3) is 0.409. The molecule has 30 heavy (non-hydrogen) atoms. The summed E-state index contributed by atoms with van der Waals surface area (Å²) in [5, 5.41) is 2.97. The van der Waals surface area contributed by atoms with Crippen molar-refractivity contribution >= 4 is 17.7 Å². The van der Waals surface area contributed by atoms with E-state index in [0.717, 1.165) is 12.1 Å². The predicted molar refractivity (Wildman–Crippen MR) is 112 cm³/mol. The first-order valence-corrected chi connectivity index (χ1v) is 9.67. The van der Waals surface area contributed by atoms with E-state index in [0.29, 0.717) is 6.42 Å². The number of Topliss-reactive ketones (excluding diaryl/α,β-unsaturated/α-hetero) is 1. The van der Waals surface area contributed by atoms with Crippen molar-refractivity contribution in [3.63, 3.8) is 0 Å². The van der Waals surface area contributed by atoms with E-state index in [1.165, 1.54) is 35.4 Å². The lowest BCUT2D eigenvalue weighted by Gasteiger charge is -2.30. The summed E-state index contributed by atoms with van der Waals surface area (Å²) >= 11 is 0. The number of nitrogens with zero attached hydrogens (tertiary/aromatic N) is 3. The van der Waals surface area contributed by atoms with Crippen LogP contribution in [0.15, 0.2) is 47.8 Å². The SMILES string of the molecule is CCC(C)N(C(=O)OC(C)(C)C)c1cc(C(N=O)C(=O)c2ccc(F)cc2)ccn1. The summed E-state index contributed by atoms with van der Waals surface area (Å²) in [6, 6.07) is 6.24. The average Bonchev–Trinajstić information content (AvgIpc) is 2.68. The van der Waals surface area contributed by atoms with Crippen LogP contribution in [0.1, 0.15) is 63.0 Å². The zero-order valence-corrected chi connectivity index (χ0v) is 17.8. The molecule has 0 saturated heterocycles. The normalized spacial score (nSPS) is 13.3. The molecule has 0 N–H and O–H groups in total. The van der Waals surface area contributed by atoms with Crippen molar-refractivity contribution < 1.29 is 18.7 Å². The first kappa shape index (κ1) is 23.1. The lowest BCUT2D eigenvalue weighted by Crippen LogP contribution is -2.42. The number of carbonyl (C=O) groups is 2. The Kier molecular flexibility index (Phi) is 7.37. The molecular weight excluding hydrogens is 389 g/mol. The number of aromatic nitrogens is 1. The Morgan fingerprint density at radius 3 is 2.37 bits per heavy atom. The van der Waals surface area contributed by atoms with Gasteiger partial charge in [0.1, 0.15) is 17.2 Å². The molecule has 0 bridgehead atoms. The van der Waals surface area contributed by atoms with E-state index in [4.69, 9.17) is 4.74 Å². The molecule has 0 radical (unpaired) electrons. The average molecular weight is 415 g/mol. The molecule has 7 nitrogen and oxygen atoms in total. The van der Waals surface area contributed by atoms with Crippen LogP contribution >= 0.6 is 0 Å². The van der Waals surface area contributed by atoms with E-state index in [-0.39, 0.29) is 23.0 Å². The maximum atomic E-state index is 13.1. The third-order valence-corrected chi connectivity index (χ3v) is 4.44. The summed E-state index contributed by atoms with van der Waals surface area (Å²) in [6.45, 7) is 9.04. The second-order valence-electron chi connectivity index (χ2n) is 7.93. The molecule has 160 valence electrons. The summed E-state index contributed by atoms with van der Waals surface area (Å²) in [5.74, 6) is -0.818. The maximum absolute atomic E-state index is 13.1. The fourth-order valence-corrected chi connectivity index (χ4v) is 2.76. The van der Waals surface area contributed by atoms with Gasteiger partial charge in [0.15, 0.2) is 11.8 Å². The van der Waals surface area contributed by atoms with Gasteiger partial charge in [0, 0.05) is 17.8 Å². The maximum Gasteiger partial charge on any atom is 0.416 e. The summed E-state index contributed by atoms with van der Waals surface area (Å²) in [4.78, 5) is 42.7. The Hall–Kier alpha value is -3.16. The standard InChI is InChI=1S/C22H26FN3O4/c1-6-14(2)26(21(28)30-22(3,4)5)18-13-16(11-12-24-18)19(25-29)20(27)15-7-9-17(23)10-8-15/h7-14,19H,6H2,1-5H3. The van der Waals surface area contributed by atoms with Crippen LogP contribution in [0.25, 0.3) is 0 Å². The van der Waals surface area contributed by atoms with Crippen molar-refractivity contribution in [1.29, 1.82) is 0 Å². The number of halogens is 1. The molecule has 2 rings (SSSR count). The Bertz CT molecular complexity index is 909. The molecule has 0 aliphatic heterocycles. The van der Waals surface area contributed by atoms with Crippen LogP contribution < -0.4 is 4.90 Å². The van der Waals surface area contributed by atoms with E-state index in [1.54, 1.807) is 20.8 Å². The molecule has 1 aromatic heterocycles. The fourth-order valence-electron chi connectivity index (χ4n) is 2.76. The third-order valence-electron chi connectivity index (χ3n) is 4.44. The third kappa shape index (κ3) is 5.68. The molecule has 2 atom stereocenters. The molecule has 0 saturated carbocycles. The molecule has 1 heterocycles. The first-order valence-electron chi connectivity index (χ1n) is 9.67. The molecular formula is C22H26FN3O4. The van der Waals surface area contributed by atoms with Gasteiger partial charge in [-0.05, 0) is 76.1 Å². The second-order valence-corrected chi connectivity index (χ2v) is 7.93. The number of amides is 1. The van der Waals surface area contributed by atoms with Crippen molar-refractivity contribution in [2.45, 2.75) is 58.7 Å². The Balaban J connectivity index is 2.41. The number of nitroso groups, excluding NO2 is 1. The van der Waals surface area contributed by atoms with Gasteiger partial charge < -0.3 is 4.74 Å². The highest BCUT2D eigenvalue weighted by Gasteiger charge is 2.29. The van der Waals surface area contributed by atoms with Gasteiger partial charge in [-0.2, -0.15) is 0 Å². The van der Waals surface area contributed by atoms with Crippen LogP contribution in [0.4, 0.5) is 15.0 Å². The molecule has 0 spiro atoms. The van der Waals surface area contributed by atoms with Crippen LogP contribution in [0.2, 0.25) is 0 Å². The van der Waals surface area contributed by atoms with E-state index in [9.17, 15) is 18.9 Å². The number of hydrogen-bond donors (Lipinski definition) is 0. The molecule has 0 aliphatic rings. The number of ether oxygens (including phenoxy) is 1. The molecule has 0 aliphatic carbocycles. The molecule has 1 aromatic carbocycles. The van der Waals surface area contributed by atoms with E-state index < -0.39 is 29.3 Å². The summed E-state index contributed by atoms with van der Waals surface area (Å²) in [5.41, 5.74) is -0.266. The quantitative estimate of drug-likeness (QED) is 0.443. The van der Waals surface area contributed by atoms with Crippen molar-refractivity contribution in [2.24, 2.45) is 5.18 Å². The first-order chi connectivity index (χ1) is 14.1. The minimum atomic E-state index is -1.35. The van der Waals surface area contributed by atoms with Gasteiger partial charge in [0.05, 0.1) is 0 Å². The number of pyridine rings is 1. The summed E-state index contributed by atoms with van der Waals surface area (Å²) in [7, 11) is 0. The van der Waals surface area contributed by atoms with Crippen LogP contribution in [-0.4, -0.2) is 28.5 Å². The van der Waals surface area contributed by atoms with Crippen molar-refractivity contribution in [1.82, 2.24) is 4.98 Å². The minimum Gasteiger partial charge on any atom is -0.443 e. The second kappa shape index (κ2) is 9.56. The summed E-state index contributed by atoms with van der Waals surface area (Å²) < 4.78 is 18.6. The highest BCUT2D eigenvalue weighted by atomic mass is 19.1. The van der Waals surface area contributed by atoms with Crippen LogP contribution in [0.3, 0.4) is 0 Å². The van der Waals surface area contributed by atoms with Crippen LogP contribution in [-0.2, 0) is 4.74 Å². The molecule has 0 fully saturated rings. The van der Waals surface area contributed by atoms with Crippen molar-refractivity contribution in [2.75, 3.05) is 4.90 Å². The number of anilines is 1. The minimum absolute atomic E-state index is 0.158. The number of benzene rings is 1. The van der Waals surface area contributed by atoms with Gasteiger partial charge >= 0.3 is 6.09 Å². The van der Waals surface area contributed by atoms with Crippen LogP contribution in [0, 0.1) is 10.7 Å². The van der Waals surface area contributed by atoms with E-state index in [2.05, 4.69) is 10.2 Å². The highest BCUT2D eigenvalue weighted by Crippen LogP contribution is 2.27. The summed E-state index contributed by atoms with van der Waals surface area (Å²) in [6.07, 6.45) is 1.46. The van der Waals surface area contributed by atoms with Gasteiger partial charge in [-0.15, -0.1) is 4.91 Å². The van der Waals surface area contributed by atoms with Gasteiger partial charge in [-0.25, -0.2) is 14.2 Å². The Labute approximate surface area is 175 Å².